The lowest BCUT2D eigenvalue weighted by atomic mass is 9.79. The van der Waals surface area contributed by atoms with Gasteiger partial charge in [0.15, 0.2) is 0 Å². The van der Waals surface area contributed by atoms with Crippen molar-refractivity contribution in [2.75, 3.05) is 0 Å². The van der Waals surface area contributed by atoms with E-state index in [9.17, 15) is 0 Å². The Kier molecular flexibility index (Phi) is 4.47. The maximum atomic E-state index is 4.02. The van der Waals surface area contributed by atoms with E-state index in [2.05, 4.69) is 84.7 Å². The Labute approximate surface area is 138 Å². The molecule has 0 bridgehead atoms. The van der Waals surface area contributed by atoms with Crippen molar-refractivity contribution in [2.24, 2.45) is 5.41 Å². The van der Waals surface area contributed by atoms with Gasteiger partial charge in [-0.3, -0.25) is 0 Å². The van der Waals surface area contributed by atoms with Crippen LogP contribution in [0.1, 0.15) is 40.0 Å². The molecule has 98 valence electrons. The van der Waals surface area contributed by atoms with E-state index in [0.29, 0.717) is 3.92 Å². The average Bonchev–Trinajstić information content (AvgIpc) is 2.46. The molecule has 0 aromatic carbocycles. The molecule has 2 aliphatic carbocycles. The summed E-state index contributed by atoms with van der Waals surface area (Å²) in [6.07, 6.45) is 8.35. The highest BCUT2D eigenvalue weighted by Gasteiger charge is 2.38. The minimum absolute atomic E-state index is 0.220. The largest absolute Gasteiger partial charge is 0.0897 e. The third-order valence-corrected chi connectivity index (χ3v) is 5.63. The van der Waals surface area contributed by atoms with E-state index in [1.165, 1.54) is 15.6 Å². The van der Waals surface area contributed by atoms with Crippen molar-refractivity contribution in [1.29, 1.82) is 0 Å². The number of rotatable bonds is 3. The Morgan fingerprint density at radius 3 is 2.78 bits per heavy atom. The van der Waals surface area contributed by atoms with Crippen molar-refractivity contribution in [2.45, 2.75) is 44.0 Å². The predicted molar refractivity (Wildman–Crippen MR) is 97.5 cm³/mol. The summed E-state index contributed by atoms with van der Waals surface area (Å²) in [5.41, 5.74) is 6.44. The van der Waals surface area contributed by atoms with Gasteiger partial charge in [-0.1, -0.05) is 60.7 Å². The summed E-state index contributed by atoms with van der Waals surface area (Å²) < 4.78 is 1.92. The molecule has 0 aliphatic heterocycles. The fourth-order valence-electron chi connectivity index (χ4n) is 2.87. The van der Waals surface area contributed by atoms with Crippen molar-refractivity contribution < 1.29 is 0 Å². The number of hydrogen-bond donors (Lipinski definition) is 0. The molecule has 0 N–H and O–H groups in total. The monoisotopic (exact) mass is 466 g/mol. The molecule has 1 unspecified atom stereocenters. The highest BCUT2D eigenvalue weighted by Crippen LogP contribution is 2.53. The van der Waals surface area contributed by atoms with E-state index >= 15 is 0 Å². The second-order valence-corrected chi connectivity index (χ2v) is 8.82. The lowest BCUT2D eigenvalue weighted by Crippen LogP contribution is -2.15. The van der Waals surface area contributed by atoms with Crippen LogP contribution < -0.4 is 0 Å². The molecule has 0 aromatic heterocycles. The third-order valence-electron chi connectivity index (χ3n) is 4.22. The molecule has 0 amide bonds. The van der Waals surface area contributed by atoms with Gasteiger partial charge in [-0.15, -0.1) is 0 Å². The van der Waals surface area contributed by atoms with Gasteiger partial charge in [0, 0.05) is 9.34 Å². The molecule has 1 atom stereocenters. The minimum Gasteiger partial charge on any atom is -0.0897 e. The molecule has 0 saturated heterocycles. The van der Waals surface area contributed by atoms with Gasteiger partial charge in [0.25, 0.3) is 0 Å². The van der Waals surface area contributed by atoms with Gasteiger partial charge < -0.3 is 0 Å². The Morgan fingerprint density at radius 1 is 1.50 bits per heavy atom. The molecule has 0 fully saturated rings. The third kappa shape index (κ3) is 2.65. The van der Waals surface area contributed by atoms with Crippen LogP contribution >= 0.6 is 45.2 Å². The van der Waals surface area contributed by atoms with E-state index in [1.54, 1.807) is 16.7 Å². The molecule has 0 heterocycles. The zero-order chi connectivity index (χ0) is 13.5. The first-order valence-corrected chi connectivity index (χ1v) is 8.77. The molecule has 2 aliphatic rings. The maximum absolute atomic E-state index is 4.02. The van der Waals surface area contributed by atoms with Gasteiger partial charge in [-0.05, 0) is 69.1 Å². The molecule has 2 heteroatoms. The second-order valence-electron chi connectivity index (χ2n) is 5.70. The van der Waals surface area contributed by atoms with E-state index in [0.717, 1.165) is 12.8 Å². The van der Waals surface area contributed by atoms with Gasteiger partial charge in [-0.2, -0.15) is 0 Å². The summed E-state index contributed by atoms with van der Waals surface area (Å²) >= 11 is 4.88. The molecular formula is C16H20I2. The normalized spacial score (nSPS) is 25.7. The zero-order valence-corrected chi connectivity index (χ0v) is 15.6. The van der Waals surface area contributed by atoms with Crippen LogP contribution in [0, 0.1) is 5.41 Å². The van der Waals surface area contributed by atoms with Crippen LogP contribution in [0.3, 0.4) is 0 Å². The molecular weight excluding hydrogens is 446 g/mol. The maximum Gasteiger partial charge on any atom is 0.0330 e. The van der Waals surface area contributed by atoms with Crippen LogP contribution in [0.4, 0.5) is 0 Å². The van der Waals surface area contributed by atoms with Gasteiger partial charge in [-0.25, -0.2) is 0 Å². The summed E-state index contributed by atoms with van der Waals surface area (Å²) in [5.74, 6) is 0. The quantitative estimate of drug-likeness (QED) is 0.347. The fourth-order valence-corrected chi connectivity index (χ4v) is 3.76. The standard InChI is InChI=1S/C16H20I2/c1-10(17)5-7-13-11(2)16(3,4)15-9-12(18)6-8-14(13)15/h8-9,12H,1,5-7H2,2-4H3. The van der Waals surface area contributed by atoms with Crippen LogP contribution in [-0.2, 0) is 0 Å². The van der Waals surface area contributed by atoms with Crippen molar-refractivity contribution in [3.8, 4) is 0 Å². The number of halogens is 2. The molecule has 0 spiro atoms. The van der Waals surface area contributed by atoms with Gasteiger partial charge >= 0.3 is 0 Å². The molecule has 18 heavy (non-hydrogen) atoms. The Balaban J connectivity index is 2.37. The van der Waals surface area contributed by atoms with Crippen molar-refractivity contribution in [3.63, 3.8) is 0 Å². The Hall–Kier alpha value is 0.420. The SMILES string of the molecule is C=C(I)CCC1=C(C)C(C)(C)C2=CC(I)CC=C21. The average molecular weight is 466 g/mol. The molecule has 0 aromatic rings. The fraction of sp³-hybridized carbons (Fsp3) is 0.500. The van der Waals surface area contributed by atoms with E-state index in [4.69, 9.17) is 0 Å². The summed E-state index contributed by atoms with van der Waals surface area (Å²) in [6.45, 7) is 11.1. The van der Waals surface area contributed by atoms with Crippen LogP contribution in [0.25, 0.3) is 0 Å². The van der Waals surface area contributed by atoms with E-state index in [-0.39, 0.29) is 5.41 Å². The summed E-state index contributed by atoms with van der Waals surface area (Å²) in [4.78, 5) is 0. The zero-order valence-electron chi connectivity index (χ0n) is 11.3. The van der Waals surface area contributed by atoms with Crippen LogP contribution in [0.15, 0.2) is 44.6 Å². The minimum atomic E-state index is 0.220. The predicted octanol–water partition coefficient (Wildman–Crippen LogP) is 6.13. The number of fused-ring (bicyclic) bond motifs is 1. The Morgan fingerprint density at radius 2 is 2.17 bits per heavy atom. The van der Waals surface area contributed by atoms with Crippen LogP contribution in [0.5, 0.6) is 0 Å². The lowest BCUT2D eigenvalue weighted by molar-refractivity contribution is 0.559. The van der Waals surface area contributed by atoms with E-state index < -0.39 is 0 Å². The molecule has 0 nitrogen and oxygen atoms in total. The smallest absolute Gasteiger partial charge is 0.0330 e. The van der Waals surface area contributed by atoms with Gasteiger partial charge in [0.2, 0.25) is 0 Å². The molecule has 0 saturated carbocycles. The summed E-state index contributed by atoms with van der Waals surface area (Å²) in [7, 11) is 0. The lowest BCUT2D eigenvalue weighted by Gasteiger charge is -2.26. The Bertz CT molecular complexity index is 475. The number of allylic oxidation sites excluding steroid dienone is 7. The first kappa shape index (κ1) is 14.8. The topological polar surface area (TPSA) is 0 Å². The molecule has 0 radical (unpaired) electrons. The summed E-state index contributed by atoms with van der Waals surface area (Å²) in [5, 5.41) is 0. The second kappa shape index (κ2) is 5.43. The van der Waals surface area contributed by atoms with E-state index in [1.807, 2.05) is 0 Å². The van der Waals surface area contributed by atoms with Gasteiger partial charge in [0.1, 0.15) is 0 Å². The van der Waals surface area contributed by atoms with Crippen molar-refractivity contribution in [3.05, 3.63) is 44.6 Å². The van der Waals surface area contributed by atoms with Crippen molar-refractivity contribution in [1.82, 2.24) is 0 Å². The van der Waals surface area contributed by atoms with Crippen LogP contribution in [0.2, 0.25) is 0 Å². The summed E-state index contributed by atoms with van der Waals surface area (Å²) in [6, 6.07) is 0. The number of hydrogen-bond acceptors (Lipinski definition) is 0. The first-order chi connectivity index (χ1) is 8.34. The molecule has 2 rings (SSSR count). The number of alkyl halides is 1. The van der Waals surface area contributed by atoms with Gasteiger partial charge in [0.05, 0.1) is 0 Å². The highest BCUT2D eigenvalue weighted by molar-refractivity contribution is 14.1. The highest BCUT2D eigenvalue weighted by atomic mass is 127. The van der Waals surface area contributed by atoms with Crippen molar-refractivity contribution >= 4 is 45.2 Å². The first-order valence-electron chi connectivity index (χ1n) is 6.45. The van der Waals surface area contributed by atoms with Crippen LogP contribution in [-0.4, -0.2) is 3.92 Å².